The fraction of sp³-hybridized carbons (Fsp3) is 0.316. The predicted molar refractivity (Wildman–Crippen MR) is 104 cm³/mol. The molecule has 3 aromatic rings. The SMILES string of the molecule is O=C(CSc1nnc(C[C@@H]2CCS(=O)(=O)C2)o1)c1cccc2ccccc12. The molecule has 0 spiro atoms. The molecular formula is C19H18N2O4S2. The molecule has 1 aromatic heterocycles. The standard InChI is InChI=1S/C19H18N2O4S2/c22-17(16-7-3-5-14-4-1-2-6-15(14)16)11-26-19-21-20-18(25-19)10-13-8-9-27(23,24)12-13/h1-7,13H,8-12H2/t13-/m0/s1. The number of rotatable bonds is 6. The Morgan fingerprint density at radius 1 is 1.15 bits per heavy atom. The number of hydrogen-bond donors (Lipinski definition) is 0. The molecule has 6 nitrogen and oxygen atoms in total. The van der Waals surface area contributed by atoms with Crippen molar-refractivity contribution in [3.63, 3.8) is 0 Å². The van der Waals surface area contributed by atoms with Gasteiger partial charge in [0.25, 0.3) is 5.22 Å². The molecule has 1 fully saturated rings. The number of Topliss-reactive ketones (excluding diaryl/α,β-unsaturated/α-hetero) is 1. The molecule has 1 aliphatic heterocycles. The predicted octanol–water partition coefficient (Wildman–Crippen LogP) is 3.18. The zero-order valence-electron chi connectivity index (χ0n) is 14.5. The Morgan fingerprint density at radius 2 is 1.96 bits per heavy atom. The van der Waals surface area contributed by atoms with Crippen LogP contribution in [0.2, 0.25) is 0 Å². The second-order valence-corrected chi connectivity index (χ2v) is 9.83. The van der Waals surface area contributed by atoms with Crippen LogP contribution < -0.4 is 0 Å². The Morgan fingerprint density at radius 3 is 2.78 bits per heavy atom. The molecule has 8 heteroatoms. The minimum atomic E-state index is -2.92. The maximum Gasteiger partial charge on any atom is 0.277 e. The number of aromatic nitrogens is 2. The number of nitrogens with zero attached hydrogens (tertiary/aromatic N) is 2. The summed E-state index contributed by atoms with van der Waals surface area (Å²) in [7, 11) is -2.92. The number of ketones is 1. The summed E-state index contributed by atoms with van der Waals surface area (Å²) in [5, 5.41) is 10.2. The molecule has 1 atom stereocenters. The molecule has 27 heavy (non-hydrogen) atoms. The monoisotopic (exact) mass is 402 g/mol. The van der Waals surface area contributed by atoms with Crippen LogP contribution in [0.4, 0.5) is 0 Å². The van der Waals surface area contributed by atoms with Crippen molar-refractivity contribution in [2.75, 3.05) is 17.3 Å². The van der Waals surface area contributed by atoms with E-state index in [1.165, 1.54) is 11.8 Å². The van der Waals surface area contributed by atoms with E-state index in [2.05, 4.69) is 10.2 Å². The van der Waals surface area contributed by atoms with Crippen LogP contribution in [0.5, 0.6) is 0 Å². The molecule has 1 aliphatic rings. The number of carbonyl (C=O) groups excluding carboxylic acids is 1. The van der Waals surface area contributed by atoms with Crippen LogP contribution in [-0.2, 0) is 16.3 Å². The van der Waals surface area contributed by atoms with Crippen molar-refractivity contribution in [1.29, 1.82) is 0 Å². The number of hydrogen-bond acceptors (Lipinski definition) is 7. The first-order valence-corrected chi connectivity index (χ1v) is 11.5. The molecule has 4 rings (SSSR count). The van der Waals surface area contributed by atoms with Crippen LogP contribution in [0.3, 0.4) is 0 Å². The first kappa shape index (κ1) is 18.2. The summed E-state index contributed by atoms with van der Waals surface area (Å²) in [6.45, 7) is 0. The van der Waals surface area contributed by atoms with Gasteiger partial charge in [0.05, 0.1) is 17.3 Å². The summed E-state index contributed by atoms with van der Waals surface area (Å²) in [4.78, 5) is 12.6. The molecular weight excluding hydrogens is 384 g/mol. The van der Waals surface area contributed by atoms with E-state index in [1.807, 2.05) is 42.5 Å². The van der Waals surface area contributed by atoms with Gasteiger partial charge in [-0.05, 0) is 23.1 Å². The van der Waals surface area contributed by atoms with Gasteiger partial charge in [0.15, 0.2) is 15.6 Å². The Labute approximate surface area is 161 Å². The Bertz CT molecular complexity index is 1090. The normalized spacial score (nSPS) is 18.7. The van der Waals surface area contributed by atoms with E-state index < -0.39 is 9.84 Å². The quantitative estimate of drug-likeness (QED) is 0.462. The minimum Gasteiger partial charge on any atom is -0.416 e. The van der Waals surface area contributed by atoms with E-state index in [1.54, 1.807) is 0 Å². The molecule has 1 saturated heterocycles. The van der Waals surface area contributed by atoms with Gasteiger partial charge in [0, 0.05) is 12.0 Å². The smallest absolute Gasteiger partial charge is 0.277 e. The van der Waals surface area contributed by atoms with E-state index in [0.29, 0.717) is 29.5 Å². The summed E-state index contributed by atoms with van der Waals surface area (Å²) in [6.07, 6.45) is 1.09. The van der Waals surface area contributed by atoms with Crippen LogP contribution in [-0.4, -0.2) is 41.7 Å². The fourth-order valence-electron chi connectivity index (χ4n) is 3.33. The number of carbonyl (C=O) groups is 1. The Kier molecular flexibility index (Phi) is 5.01. The molecule has 0 aliphatic carbocycles. The van der Waals surface area contributed by atoms with Gasteiger partial charge in [0.2, 0.25) is 5.89 Å². The first-order chi connectivity index (χ1) is 13.0. The van der Waals surface area contributed by atoms with Crippen LogP contribution in [0.15, 0.2) is 52.1 Å². The molecule has 140 valence electrons. The lowest BCUT2D eigenvalue weighted by Gasteiger charge is -2.04. The van der Waals surface area contributed by atoms with Crippen LogP contribution in [0.25, 0.3) is 10.8 Å². The first-order valence-electron chi connectivity index (χ1n) is 8.67. The van der Waals surface area contributed by atoms with Crippen molar-refractivity contribution in [3.8, 4) is 0 Å². The van der Waals surface area contributed by atoms with Crippen molar-refractivity contribution in [1.82, 2.24) is 10.2 Å². The third kappa shape index (κ3) is 4.22. The lowest BCUT2D eigenvalue weighted by molar-refractivity contribution is 0.102. The number of thioether (sulfide) groups is 1. The molecule has 0 N–H and O–H groups in total. The Hall–Kier alpha value is -2.19. The second-order valence-electron chi connectivity index (χ2n) is 6.67. The van der Waals surface area contributed by atoms with Gasteiger partial charge in [-0.3, -0.25) is 4.79 Å². The van der Waals surface area contributed by atoms with Crippen molar-refractivity contribution in [3.05, 3.63) is 53.9 Å². The fourth-order valence-corrected chi connectivity index (χ4v) is 5.86. The van der Waals surface area contributed by atoms with Crippen LogP contribution >= 0.6 is 11.8 Å². The lowest BCUT2D eigenvalue weighted by atomic mass is 10.0. The second kappa shape index (κ2) is 7.44. The number of benzene rings is 2. The molecule has 0 radical (unpaired) electrons. The highest BCUT2D eigenvalue weighted by Gasteiger charge is 2.29. The highest BCUT2D eigenvalue weighted by molar-refractivity contribution is 7.99. The highest BCUT2D eigenvalue weighted by atomic mass is 32.2. The van der Waals surface area contributed by atoms with Crippen molar-refractivity contribution < 1.29 is 17.6 Å². The van der Waals surface area contributed by atoms with Gasteiger partial charge in [-0.25, -0.2) is 8.42 Å². The van der Waals surface area contributed by atoms with Gasteiger partial charge in [-0.2, -0.15) is 0 Å². The molecule has 2 heterocycles. The maximum atomic E-state index is 12.6. The molecule has 0 bridgehead atoms. The van der Waals surface area contributed by atoms with Gasteiger partial charge in [-0.1, -0.05) is 54.2 Å². The molecule has 2 aromatic carbocycles. The van der Waals surface area contributed by atoms with E-state index in [0.717, 1.165) is 10.8 Å². The molecule has 0 unspecified atom stereocenters. The van der Waals surface area contributed by atoms with E-state index >= 15 is 0 Å². The zero-order chi connectivity index (χ0) is 18.9. The third-order valence-corrected chi connectivity index (χ3v) is 7.31. The minimum absolute atomic E-state index is 0.00145. The number of sulfone groups is 1. The van der Waals surface area contributed by atoms with Crippen molar-refractivity contribution >= 4 is 38.2 Å². The van der Waals surface area contributed by atoms with E-state index in [4.69, 9.17) is 4.42 Å². The average molecular weight is 402 g/mol. The summed E-state index contributed by atoms with van der Waals surface area (Å²) in [5.74, 6) is 1.07. The van der Waals surface area contributed by atoms with Crippen molar-refractivity contribution in [2.24, 2.45) is 5.92 Å². The lowest BCUT2D eigenvalue weighted by Crippen LogP contribution is -2.07. The van der Waals surface area contributed by atoms with Gasteiger partial charge in [-0.15, -0.1) is 10.2 Å². The molecule has 0 amide bonds. The van der Waals surface area contributed by atoms with E-state index in [9.17, 15) is 13.2 Å². The highest BCUT2D eigenvalue weighted by Crippen LogP contribution is 2.25. The van der Waals surface area contributed by atoms with Crippen LogP contribution in [0.1, 0.15) is 22.7 Å². The third-order valence-electron chi connectivity index (χ3n) is 4.66. The average Bonchev–Trinajstić information content (AvgIpc) is 3.25. The topological polar surface area (TPSA) is 90.1 Å². The zero-order valence-corrected chi connectivity index (χ0v) is 16.1. The molecule has 0 saturated carbocycles. The van der Waals surface area contributed by atoms with E-state index in [-0.39, 0.29) is 29.0 Å². The van der Waals surface area contributed by atoms with Crippen molar-refractivity contribution in [2.45, 2.75) is 18.1 Å². The number of fused-ring (bicyclic) bond motifs is 1. The summed E-state index contributed by atoms with van der Waals surface area (Å²) in [6, 6.07) is 13.5. The Balaban J connectivity index is 1.39. The largest absolute Gasteiger partial charge is 0.416 e. The van der Waals surface area contributed by atoms with Gasteiger partial charge in [0.1, 0.15) is 0 Å². The summed E-state index contributed by atoms with van der Waals surface area (Å²) in [5.41, 5.74) is 0.677. The summed E-state index contributed by atoms with van der Waals surface area (Å²) >= 11 is 1.20. The van der Waals surface area contributed by atoms with Crippen LogP contribution in [0, 0.1) is 5.92 Å². The summed E-state index contributed by atoms with van der Waals surface area (Å²) < 4.78 is 28.6. The van der Waals surface area contributed by atoms with Gasteiger partial charge >= 0.3 is 0 Å². The van der Waals surface area contributed by atoms with Gasteiger partial charge < -0.3 is 4.42 Å². The maximum absolute atomic E-state index is 12.6.